The second-order valence-electron chi connectivity index (χ2n) is 6.00. The minimum atomic E-state index is -0.0510. The normalized spacial score (nSPS) is 20.1. The fraction of sp³-hybridized carbons (Fsp3) is 0.529. The van der Waals surface area contributed by atoms with E-state index in [1.54, 1.807) is 0 Å². The van der Waals surface area contributed by atoms with E-state index in [1.807, 2.05) is 24.3 Å². The van der Waals surface area contributed by atoms with Crippen molar-refractivity contribution in [2.24, 2.45) is 0 Å². The van der Waals surface area contributed by atoms with Crippen LogP contribution in [0.25, 0.3) is 10.9 Å². The van der Waals surface area contributed by atoms with Crippen LogP contribution in [0.5, 0.6) is 0 Å². The molecule has 3 rings (SSSR count). The number of aromatic nitrogens is 2. The molecule has 5 nitrogen and oxygen atoms in total. The summed E-state index contributed by atoms with van der Waals surface area (Å²) in [6.07, 6.45) is 3.92. The van der Waals surface area contributed by atoms with Crippen molar-refractivity contribution in [2.45, 2.75) is 38.8 Å². The molecule has 1 aromatic carbocycles. The summed E-state index contributed by atoms with van der Waals surface area (Å²) in [6.45, 7) is 5.75. The molecule has 2 aromatic rings. The van der Waals surface area contributed by atoms with Crippen LogP contribution >= 0.6 is 0 Å². The standard InChI is InChI=1S/C17H23N3O2/c1-2-20(11-13-7-5-6-10-22-13)12-16-18-15-9-4-3-8-14(15)17(21)19-16/h3-4,8-9,13H,2,5-7,10-12H2,1H3,(H,18,19,21)/p+1/t13-/m1/s1. The number of hydrogen-bond donors (Lipinski definition) is 2. The van der Waals surface area contributed by atoms with Crippen LogP contribution in [0.1, 0.15) is 32.0 Å². The summed E-state index contributed by atoms with van der Waals surface area (Å²) in [5.74, 6) is 0.761. The van der Waals surface area contributed by atoms with Crippen molar-refractivity contribution in [3.8, 4) is 0 Å². The van der Waals surface area contributed by atoms with Gasteiger partial charge in [0.15, 0.2) is 5.82 Å². The van der Waals surface area contributed by atoms with Gasteiger partial charge in [-0.1, -0.05) is 12.1 Å². The Bertz CT molecular complexity index is 677. The lowest BCUT2D eigenvalue weighted by Crippen LogP contribution is -3.11. The molecule has 22 heavy (non-hydrogen) atoms. The Morgan fingerprint density at radius 1 is 1.36 bits per heavy atom. The van der Waals surface area contributed by atoms with Gasteiger partial charge in [0, 0.05) is 6.61 Å². The Labute approximate surface area is 130 Å². The molecule has 0 spiro atoms. The van der Waals surface area contributed by atoms with Gasteiger partial charge in [0.1, 0.15) is 19.2 Å². The van der Waals surface area contributed by atoms with Crippen molar-refractivity contribution in [1.29, 1.82) is 0 Å². The Morgan fingerprint density at radius 2 is 2.23 bits per heavy atom. The highest BCUT2D eigenvalue weighted by Gasteiger charge is 2.20. The van der Waals surface area contributed by atoms with E-state index in [2.05, 4.69) is 16.9 Å². The molecule has 1 fully saturated rings. The van der Waals surface area contributed by atoms with Crippen LogP contribution in [0.3, 0.4) is 0 Å². The maximum absolute atomic E-state index is 12.1. The monoisotopic (exact) mass is 302 g/mol. The number of nitrogens with one attached hydrogen (secondary N) is 2. The minimum Gasteiger partial charge on any atom is -0.372 e. The van der Waals surface area contributed by atoms with E-state index in [-0.39, 0.29) is 5.56 Å². The summed E-state index contributed by atoms with van der Waals surface area (Å²) in [4.78, 5) is 21.0. The molecule has 5 heteroatoms. The van der Waals surface area contributed by atoms with E-state index in [4.69, 9.17) is 4.74 Å². The number of likely N-dealkylation sites (N-methyl/N-ethyl adjacent to an activating group) is 1. The van der Waals surface area contributed by atoms with Gasteiger partial charge in [-0.15, -0.1) is 0 Å². The lowest BCUT2D eigenvalue weighted by atomic mass is 10.1. The first kappa shape index (κ1) is 15.2. The summed E-state index contributed by atoms with van der Waals surface area (Å²) in [5.41, 5.74) is 0.718. The van der Waals surface area contributed by atoms with Gasteiger partial charge in [-0.3, -0.25) is 4.79 Å². The molecular weight excluding hydrogens is 278 g/mol. The summed E-state index contributed by atoms with van der Waals surface area (Å²) in [6, 6.07) is 7.48. The van der Waals surface area contributed by atoms with E-state index in [1.165, 1.54) is 17.7 Å². The average Bonchev–Trinajstić information content (AvgIpc) is 2.55. The van der Waals surface area contributed by atoms with Crippen LogP contribution in [0.15, 0.2) is 29.1 Å². The van der Waals surface area contributed by atoms with Crippen molar-refractivity contribution in [3.63, 3.8) is 0 Å². The summed E-state index contributed by atoms with van der Waals surface area (Å²) < 4.78 is 5.83. The Kier molecular flexibility index (Phi) is 4.85. The SMILES string of the molecule is CC[NH+](Cc1nc2ccccc2c(=O)[nH]1)C[C@H]1CCCCO1. The molecule has 118 valence electrons. The van der Waals surface area contributed by atoms with Gasteiger partial charge in [-0.2, -0.15) is 0 Å². The predicted molar refractivity (Wildman–Crippen MR) is 86.0 cm³/mol. The lowest BCUT2D eigenvalue weighted by Gasteiger charge is -2.26. The molecule has 2 heterocycles. The zero-order valence-electron chi connectivity index (χ0n) is 13.1. The largest absolute Gasteiger partial charge is 0.372 e. The van der Waals surface area contributed by atoms with Crippen molar-refractivity contribution in [2.75, 3.05) is 19.7 Å². The quantitative estimate of drug-likeness (QED) is 0.862. The van der Waals surface area contributed by atoms with Gasteiger partial charge in [-0.25, -0.2) is 4.98 Å². The Morgan fingerprint density at radius 3 is 3.00 bits per heavy atom. The maximum atomic E-state index is 12.1. The third kappa shape index (κ3) is 3.54. The predicted octanol–water partition coefficient (Wildman–Crippen LogP) is 0.897. The fourth-order valence-electron chi connectivity index (χ4n) is 3.09. The van der Waals surface area contributed by atoms with Crippen molar-refractivity contribution in [1.82, 2.24) is 9.97 Å². The first-order valence-corrected chi connectivity index (χ1v) is 8.19. The number of hydrogen-bond acceptors (Lipinski definition) is 3. The van der Waals surface area contributed by atoms with Crippen LogP contribution in [-0.2, 0) is 11.3 Å². The molecule has 1 aliphatic heterocycles. The molecule has 1 aliphatic rings. The molecule has 1 unspecified atom stereocenters. The minimum absolute atomic E-state index is 0.0510. The van der Waals surface area contributed by atoms with Crippen LogP contribution in [-0.4, -0.2) is 35.8 Å². The molecule has 2 N–H and O–H groups in total. The van der Waals surface area contributed by atoms with Gasteiger partial charge in [-0.05, 0) is 38.3 Å². The van der Waals surface area contributed by atoms with Crippen molar-refractivity contribution in [3.05, 3.63) is 40.4 Å². The van der Waals surface area contributed by atoms with Crippen LogP contribution in [0.4, 0.5) is 0 Å². The van der Waals surface area contributed by atoms with Gasteiger partial charge in [0.2, 0.25) is 0 Å². The molecule has 1 aromatic heterocycles. The summed E-state index contributed by atoms with van der Waals surface area (Å²) in [7, 11) is 0. The molecule has 0 saturated carbocycles. The molecule has 0 amide bonds. The van der Waals surface area contributed by atoms with Crippen LogP contribution in [0.2, 0.25) is 0 Å². The lowest BCUT2D eigenvalue weighted by molar-refractivity contribution is -0.916. The van der Waals surface area contributed by atoms with E-state index in [0.29, 0.717) is 11.5 Å². The fourth-order valence-corrected chi connectivity index (χ4v) is 3.09. The van der Waals surface area contributed by atoms with Crippen molar-refractivity contribution >= 4 is 10.9 Å². The molecule has 0 radical (unpaired) electrons. The number of quaternary nitrogens is 1. The number of fused-ring (bicyclic) bond motifs is 1. The van der Waals surface area contributed by atoms with Gasteiger partial charge >= 0.3 is 0 Å². The average molecular weight is 302 g/mol. The zero-order chi connectivity index (χ0) is 15.4. The van der Waals surface area contributed by atoms with Crippen LogP contribution in [0, 0.1) is 0 Å². The second-order valence-corrected chi connectivity index (χ2v) is 6.00. The molecule has 0 bridgehead atoms. The molecular formula is C17H24N3O2+. The number of rotatable bonds is 5. The van der Waals surface area contributed by atoms with Gasteiger partial charge in [0.25, 0.3) is 5.56 Å². The van der Waals surface area contributed by atoms with E-state index in [9.17, 15) is 4.79 Å². The Hall–Kier alpha value is -1.72. The highest BCUT2D eigenvalue weighted by Crippen LogP contribution is 2.11. The smallest absolute Gasteiger partial charge is 0.258 e. The Balaban J connectivity index is 1.74. The zero-order valence-corrected chi connectivity index (χ0v) is 13.1. The van der Waals surface area contributed by atoms with Crippen LogP contribution < -0.4 is 10.5 Å². The van der Waals surface area contributed by atoms with E-state index >= 15 is 0 Å². The summed E-state index contributed by atoms with van der Waals surface area (Å²) >= 11 is 0. The first-order chi connectivity index (χ1) is 10.8. The number of H-pyrrole nitrogens is 1. The number of para-hydroxylation sites is 1. The second kappa shape index (κ2) is 7.03. The van der Waals surface area contributed by atoms with E-state index < -0.39 is 0 Å². The van der Waals surface area contributed by atoms with Crippen molar-refractivity contribution < 1.29 is 9.64 Å². The third-order valence-electron chi connectivity index (χ3n) is 4.37. The molecule has 2 atom stereocenters. The number of aromatic amines is 1. The number of nitrogens with zero attached hydrogens (tertiary/aromatic N) is 1. The number of benzene rings is 1. The highest BCUT2D eigenvalue weighted by molar-refractivity contribution is 5.77. The number of ether oxygens (including phenoxy) is 1. The molecule has 1 saturated heterocycles. The van der Waals surface area contributed by atoms with Gasteiger partial charge < -0.3 is 14.6 Å². The first-order valence-electron chi connectivity index (χ1n) is 8.19. The highest BCUT2D eigenvalue weighted by atomic mass is 16.5. The molecule has 0 aliphatic carbocycles. The topological polar surface area (TPSA) is 59.4 Å². The van der Waals surface area contributed by atoms with Gasteiger partial charge in [0.05, 0.1) is 17.4 Å². The summed E-state index contributed by atoms with van der Waals surface area (Å²) in [5, 5.41) is 0.653. The third-order valence-corrected chi connectivity index (χ3v) is 4.37. The maximum Gasteiger partial charge on any atom is 0.258 e. The van der Waals surface area contributed by atoms with E-state index in [0.717, 1.165) is 44.0 Å².